The fraction of sp³-hybridized carbons (Fsp3) is 0.923. The van der Waals surface area contributed by atoms with Crippen molar-refractivity contribution in [1.29, 1.82) is 0 Å². The van der Waals surface area contributed by atoms with Crippen molar-refractivity contribution in [2.75, 3.05) is 26.2 Å². The Kier molecular flexibility index (Phi) is 7.21. The van der Waals surface area contributed by atoms with Gasteiger partial charge in [-0.25, -0.2) is 0 Å². The van der Waals surface area contributed by atoms with E-state index in [0.29, 0.717) is 0 Å². The van der Waals surface area contributed by atoms with E-state index < -0.39 is 0 Å². The number of nitrogens with two attached hydrogens (primary N) is 1. The van der Waals surface area contributed by atoms with Crippen molar-refractivity contribution >= 4 is 5.91 Å². The van der Waals surface area contributed by atoms with E-state index in [4.69, 9.17) is 5.73 Å². The summed E-state index contributed by atoms with van der Waals surface area (Å²) in [5.74, 6) is 0.00509. The minimum Gasteiger partial charge on any atom is -0.355 e. The molecule has 0 radical (unpaired) electrons. The number of rotatable bonds is 7. The molecule has 0 saturated carbocycles. The number of amides is 1. The van der Waals surface area contributed by atoms with E-state index >= 15 is 0 Å². The van der Waals surface area contributed by atoms with Crippen molar-refractivity contribution in [3.05, 3.63) is 0 Å². The number of carbonyl (C=O) groups excluding carboxylic acids is 1. The molecule has 0 aromatic carbocycles. The topological polar surface area (TPSA) is 58.4 Å². The van der Waals surface area contributed by atoms with Gasteiger partial charge in [0.25, 0.3) is 0 Å². The van der Waals surface area contributed by atoms with Gasteiger partial charge in [0.1, 0.15) is 0 Å². The van der Waals surface area contributed by atoms with Gasteiger partial charge in [-0.2, -0.15) is 0 Å². The highest BCUT2D eigenvalue weighted by Crippen LogP contribution is 2.08. The first kappa shape index (κ1) is 14.5. The molecule has 4 nitrogen and oxygen atoms in total. The Hall–Kier alpha value is -0.610. The quantitative estimate of drug-likeness (QED) is 0.656. The van der Waals surface area contributed by atoms with E-state index in [1.165, 1.54) is 32.4 Å². The van der Waals surface area contributed by atoms with Gasteiger partial charge in [-0.3, -0.25) is 4.79 Å². The molecule has 1 aliphatic heterocycles. The maximum Gasteiger partial charge on any atom is 0.236 e. The number of piperidine rings is 1. The highest BCUT2D eigenvalue weighted by Gasteiger charge is 2.12. The molecule has 1 heterocycles. The van der Waals surface area contributed by atoms with Gasteiger partial charge in [-0.1, -0.05) is 19.8 Å². The SMILES string of the molecule is CCC[C@H](N)C(=O)NCCCN1CCCCC1. The minimum atomic E-state index is -0.324. The summed E-state index contributed by atoms with van der Waals surface area (Å²) in [5.41, 5.74) is 5.73. The molecule has 1 fully saturated rings. The van der Waals surface area contributed by atoms with Crippen LogP contribution in [0.15, 0.2) is 0 Å². The average Bonchev–Trinajstić information content (AvgIpc) is 2.36. The van der Waals surface area contributed by atoms with E-state index in [-0.39, 0.29) is 11.9 Å². The van der Waals surface area contributed by atoms with Gasteiger partial charge in [0, 0.05) is 6.54 Å². The Bertz CT molecular complexity index is 215. The highest BCUT2D eigenvalue weighted by molar-refractivity contribution is 5.81. The predicted molar refractivity (Wildman–Crippen MR) is 70.8 cm³/mol. The molecule has 1 aliphatic rings. The van der Waals surface area contributed by atoms with Crippen LogP contribution in [0.25, 0.3) is 0 Å². The lowest BCUT2D eigenvalue weighted by Gasteiger charge is -2.26. The Labute approximate surface area is 105 Å². The molecular weight excluding hydrogens is 214 g/mol. The molecule has 17 heavy (non-hydrogen) atoms. The zero-order valence-electron chi connectivity index (χ0n) is 11.1. The molecule has 3 N–H and O–H groups in total. The molecule has 100 valence electrons. The monoisotopic (exact) mass is 241 g/mol. The van der Waals surface area contributed by atoms with Crippen molar-refractivity contribution in [2.24, 2.45) is 5.73 Å². The second kappa shape index (κ2) is 8.48. The summed E-state index contributed by atoms with van der Waals surface area (Å²) < 4.78 is 0. The molecule has 0 unspecified atom stereocenters. The van der Waals surface area contributed by atoms with Gasteiger partial charge in [-0.05, 0) is 45.3 Å². The summed E-state index contributed by atoms with van der Waals surface area (Å²) in [6, 6.07) is -0.324. The van der Waals surface area contributed by atoms with Crippen molar-refractivity contribution in [1.82, 2.24) is 10.2 Å². The molecule has 0 aromatic rings. The van der Waals surface area contributed by atoms with Gasteiger partial charge in [0.05, 0.1) is 6.04 Å². The third kappa shape index (κ3) is 6.03. The number of likely N-dealkylation sites (tertiary alicyclic amines) is 1. The summed E-state index contributed by atoms with van der Waals surface area (Å²) in [5, 5.41) is 2.92. The van der Waals surface area contributed by atoms with Crippen molar-refractivity contribution in [3.8, 4) is 0 Å². The van der Waals surface area contributed by atoms with Crippen LogP contribution in [0.4, 0.5) is 0 Å². The fourth-order valence-corrected chi connectivity index (χ4v) is 2.27. The number of hydrogen-bond acceptors (Lipinski definition) is 3. The zero-order chi connectivity index (χ0) is 12.5. The Balaban J connectivity index is 2.01. The molecule has 0 aromatic heterocycles. The molecule has 1 atom stereocenters. The summed E-state index contributed by atoms with van der Waals surface area (Å²) in [7, 11) is 0. The van der Waals surface area contributed by atoms with Crippen LogP contribution in [-0.4, -0.2) is 43.0 Å². The average molecular weight is 241 g/mol. The van der Waals surface area contributed by atoms with E-state index in [1.54, 1.807) is 0 Å². The van der Waals surface area contributed by atoms with E-state index in [9.17, 15) is 4.79 Å². The smallest absolute Gasteiger partial charge is 0.236 e. The number of hydrogen-bond donors (Lipinski definition) is 2. The third-order valence-corrected chi connectivity index (χ3v) is 3.34. The molecule has 1 rings (SSSR count). The van der Waals surface area contributed by atoms with Crippen LogP contribution in [0.1, 0.15) is 45.4 Å². The first-order valence-corrected chi connectivity index (χ1v) is 6.99. The zero-order valence-corrected chi connectivity index (χ0v) is 11.1. The number of carbonyl (C=O) groups is 1. The van der Waals surface area contributed by atoms with Gasteiger partial charge < -0.3 is 16.0 Å². The first-order valence-electron chi connectivity index (χ1n) is 6.99. The highest BCUT2D eigenvalue weighted by atomic mass is 16.2. The Morgan fingerprint density at radius 3 is 2.71 bits per heavy atom. The first-order chi connectivity index (χ1) is 8.24. The number of nitrogens with zero attached hydrogens (tertiary/aromatic N) is 1. The Morgan fingerprint density at radius 2 is 2.06 bits per heavy atom. The summed E-state index contributed by atoms with van der Waals surface area (Å²) in [4.78, 5) is 14.0. The second-order valence-corrected chi connectivity index (χ2v) is 4.94. The maximum absolute atomic E-state index is 11.5. The maximum atomic E-state index is 11.5. The van der Waals surface area contributed by atoms with Crippen LogP contribution in [0, 0.1) is 0 Å². The molecular formula is C13H27N3O. The molecule has 0 bridgehead atoms. The van der Waals surface area contributed by atoms with E-state index in [1.807, 2.05) is 6.92 Å². The lowest BCUT2D eigenvalue weighted by molar-refractivity contribution is -0.122. The van der Waals surface area contributed by atoms with Crippen LogP contribution in [-0.2, 0) is 4.79 Å². The van der Waals surface area contributed by atoms with Gasteiger partial charge in [-0.15, -0.1) is 0 Å². The van der Waals surface area contributed by atoms with Crippen molar-refractivity contribution in [2.45, 2.75) is 51.5 Å². The standard InChI is InChI=1S/C13H27N3O/c1-2-7-12(14)13(17)15-8-6-11-16-9-4-3-5-10-16/h12H,2-11,14H2,1H3,(H,15,17)/t12-/m0/s1. The van der Waals surface area contributed by atoms with Crippen LogP contribution in [0.2, 0.25) is 0 Å². The summed E-state index contributed by atoms with van der Waals surface area (Å²) in [6.45, 7) is 6.35. The van der Waals surface area contributed by atoms with Crippen LogP contribution in [0.3, 0.4) is 0 Å². The van der Waals surface area contributed by atoms with Gasteiger partial charge >= 0.3 is 0 Å². The molecule has 0 spiro atoms. The van der Waals surface area contributed by atoms with E-state index in [0.717, 1.165) is 32.4 Å². The second-order valence-electron chi connectivity index (χ2n) is 4.94. The van der Waals surface area contributed by atoms with Gasteiger partial charge in [0.2, 0.25) is 5.91 Å². The predicted octanol–water partition coefficient (Wildman–Crippen LogP) is 1.11. The Morgan fingerprint density at radius 1 is 1.35 bits per heavy atom. The molecule has 1 saturated heterocycles. The van der Waals surface area contributed by atoms with E-state index in [2.05, 4.69) is 10.2 Å². The third-order valence-electron chi connectivity index (χ3n) is 3.34. The fourth-order valence-electron chi connectivity index (χ4n) is 2.27. The largest absolute Gasteiger partial charge is 0.355 e. The summed E-state index contributed by atoms with van der Waals surface area (Å²) in [6.07, 6.45) is 6.80. The van der Waals surface area contributed by atoms with Crippen molar-refractivity contribution < 1.29 is 4.79 Å². The molecule has 4 heteroatoms. The lowest BCUT2D eigenvalue weighted by atomic mass is 10.1. The summed E-state index contributed by atoms with van der Waals surface area (Å²) >= 11 is 0. The minimum absolute atomic E-state index is 0.00509. The van der Waals surface area contributed by atoms with Crippen LogP contribution >= 0.6 is 0 Å². The van der Waals surface area contributed by atoms with Crippen LogP contribution in [0.5, 0.6) is 0 Å². The normalized spacial score (nSPS) is 18.9. The van der Waals surface area contributed by atoms with Crippen molar-refractivity contribution in [3.63, 3.8) is 0 Å². The molecule has 1 amide bonds. The molecule has 0 aliphatic carbocycles. The lowest BCUT2D eigenvalue weighted by Crippen LogP contribution is -2.41. The number of nitrogens with one attached hydrogen (secondary N) is 1. The van der Waals surface area contributed by atoms with Crippen LogP contribution < -0.4 is 11.1 Å². The van der Waals surface area contributed by atoms with Gasteiger partial charge in [0.15, 0.2) is 0 Å².